The van der Waals surface area contributed by atoms with E-state index in [9.17, 15) is 9.59 Å². The number of fused-ring (bicyclic) bond motifs is 1. The number of hydrogen-bond donors (Lipinski definition) is 1. The van der Waals surface area contributed by atoms with Crippen molar-refractivity contribution in [2.75, 3.05) is 18.0 Å². The molecular weight excluding hydrogens is 280 g/mol. The highest BCUT2D eigenvalue weighted by molar-refractivity contribution is 6.32. The zero-order valence-electron chi connectivity index (χ0n) is 10.9. The van der Waals surface area contributed by atoms with Gasteiger partial charge in [0.1, 0.15) is 17.3 Å². The van der Waals surface area contributed by atoms with Crippen LogP contribution in [-0.2, 0) is 4.79 Å². The molecule has 0 radical (unpaired) electrons. The maximum Gasteiger partial charge on any atom is 0.220 e. The number of aromatic nitrogens is 2. The van der Waals surface area contributed by atoms with E-state index in [0.717, 1.165) is 25.9 Å². The number of amides is 1. The second-order valence-electron chi connectivity index (χ2n) is 5.23. The van der Waals surface area contributed by atoms with Crippen LogP contribution in [-0.4, -0.2) is 41.3 Å². The Hall–Kier alpha value is -1.69. The molecule has 0 aromatic carbocycles. The van der Waals surface area contributed by atoms with Crippen molar-refractivity contribution in [3.63, 3.8) is 0 Å². The number of nitrogens with one attached hydrogen (secondary N) is 1. The third-order valence-corrected chi connectivity index (χ3v) is 4.36. The van der Waals surface area contributed by atoms with Crippen LogP contribution in [0.1, 0.15) is 29.6 Å². The molecule has 0 spiro atoms. The van der Waals surface area contributed by atoms with E-state index in [1.807, 2.05) is 0 Å². The van der Waals surface area contributed by atoms with E-state index in [1.54, 1.807) is 0 Å². The van der Waals surface area contributed by atoms with Gasteiger partial charge in [0.05, 0.1) is 5.56 Å². The van der Waals surface area contributed by atoms with Gasteiger partial charge < -0.3 is 10.2 Å². The van der Waals surface area contributed by atoms with Gasteiger partial charge in [-0.15, -0.1) is 0 Å². The number of anilines is 1. The standard InChI is InChI=1S/C13H15ClN4O2/c14-12-9(6-19)13(16-7-15-12)18-4-3-10-8(5-18)1-2-11(20)17-10/h6-8,10H,1-5H2,(H,17,20). The third-order valence-electron chi connectivity index (χ3n) is 4.05. The molecule has 7 heteroatoms. The summed E-state index contributed by atoms with van der Waals surface area (Å²) in [5.41, 5.74) is 0.340. The van der Waals surface area contributed by atoms with Crippen LogP contribution in [0, 0.1) is 5.92 Å². The molecule has 1 N–H and O–H groups in total. The number of piperidine rings is 2. The fourth-order valence-corrected chi connectivity index (χ4v) is 3.19. The number of carbonyl (C=O) groups excluding carboxylic acids is 2. The van der Waals surface area contributed by atoms with Gasteiger partial charge in [0.15, 0.2) is 6.29 Å². The minimum absolute atomic E-state index is 0.137. The molecule has 2 fully saturated rings. The van der Waals surface area contributed by atoms with Gasteiger partial charge in [-0.1, -0.05) is 11.6 Å². The smallest absolute Gasteiger partial charge is 0.220 e. The summed E-state index contributed by atoms with van der Waals surface area (Å²) in [7, 11) is 0. The van der Waals surface area contributed by atoms with E-state index in [4.69, 9.17) is 11.6 Å². The normalized spacial score (nSPS) is 25.9. The van der Waals surface area contributed by atoms with E-state index >= 15 is 0 Å². The van der Waals surface area contributed by atoms with Crippen LogP contribution in [0.3, 0.4) is 0 Å². The molecule has 106 valence electrons. The minimum atomic E-state index is 0.137. The lowest BCUT2D eigenvalue weighted by molar-refractivity contribution is -0.124. The van der Waals surface area contributed by atoms with Crippen LogP contribution >= 0.6 is 11.6 Å². The van der Waals surface area contributed by atoms with Gasteiger partial charge in [0.2, 0.25) is 5.91 Å². The SMILES string of the molecule is O=Cc1c(Cl)ncnc1N1CCC2NC(=O)CCC2C1. The maximum atomic E-state index is 11.4. The summed E-state index contributed by atoms with van der Waals surface area (Å²) in [6.45, 7) is 1.52. The molecule has 2 aliphatic rings. The zero-order valence-corrected chi connectivity index (χ0v) is 11.6. The van der Waals surface area contributed by atoms with Crippen LogP contribution in [0.5, 0.6) is 0 Å². The molecule has 3 rings (SSSR count). The first-order chi connectivity index (χ1) is 9.69. The molecule has 6 nitrogen and oxygen atoms in total. The average molecular weight is 295 g/mol. The number of nitrogens with zero attached hydrogens (tertiary/aromatic N) is 3. The van der Waals surface area contributed by atoms with Gasteiger partial charge in [0, 0.05) is 25.6 Å². The number of halogens is 1. The predicted molar refractivity (Wildman–Crippen MR) is 73.9 cm³/mol. The number of rotatable bonds is 2. The Morgan fingerprint density at radius 2 is 2.25 bits per heavy atom. The van der Waals surface area contributed by atoms with Crippen molar-refractivity contribution < 1.29 is 9.59 Å². The fourth-order valence-electron chi connectivity index (χ4n) is 3.02. The summed E-state index contributed by atoms with van der Waals surface area (Å²) >= 11 is 5.94. The predicted octanol–water partition coefficient (Wildman–Crippen LogP) is 1.05. The Balaban J connectivity index is 1.81. The molecule has 2 aliphatic heterocycles. The molecular formula is C13H15ClN4O2. The maximum absolute atomic E-state index is 11.4. The Kier molecular flexibility index (Phi) is 3.56. The van der Waals surface area contributed by atoms with Crippen LogP contribution in [0.25, 0.3) is 0 Å². The Morgan fingerprint density at radius 1 is 1.40 bits per heavy atom. The van der Waals surface area contributed by atoms with Gasteiger partial charge in [-0.3, -0.25) is 9.59 Å². The quantitative estimate of drug-likeness (QED) is 0.652. The van der Waals surface area contributed by atoms with Gasteiger partial charge in [0.25, 0.3) is 0 Å². The lowest BCUT2D eigenvalue weighted by atomic mass is 9.85. The van der Waals surface area contributed by atoms with Crippen molar-refractivity contribution in [3.8, 4) is 0 Å². The minimum Gasteiger partial charge on any atom is -0.355 e. The molecule has 2 unspecified atom stereocenters. The summed E-state index contributed by atoms with van der Waals surface area (Å²) in [4.78, 5) is 32.7. The van der Waals surface area contributed by atoms with E-state index in [2.05, 4.69) is 20.2 Å². The highest BCUT2D eigenvalue weighted by Gasteiger charge is 2.34. The Morgan fingerprint density at radius 3 is 3.05 bits per heavy atom. The molecule has 0 aliphatic carbocycles. The van der Waals surface area contributed by atoms with Crippen molar-refractivity contribution in [2.24, 2.45) is 5.92 Å². The largest absolute Gasteiger partial charge is 0.355 e. The molecule has 3 heterocycles. The highest BCUT2D eigenvalue weighted by Crippen LogP contribution is 2.30. The molecule has 0 saturated carbocycles. The second-order valence-corrected chi connectivity index (χ2v) is 5.59. The molecule has 1 amide bonds. The van der Waals surface area contributed by atoms with Crippen molar-refractivity contribution in [1.29, 1.82) is 0 Å². The summed E-state index contributed by atoms with van der Waals surface area (Å²) in [5.74, 6) is 1.13. The molecule has 20 heavy (non-hydrogen) atoms. The lowest BCUT2D eigenvalue weighted by Gasteiger charge is -2.42. The summed E-state index contributed by atoms with van der Waals surface area (Å²) in [6.07, 6.45) is 4.38. The van der Waals surface area contributed by atoms with E-state index in [0.29, 0.717) is 30.0 Å². The third kappa shape index (κ3) is 2.35. The van der Waals surface area contributed by atoms with Crippen molar-refractivity contribution >= 4 is 29.6 Å². The zero-order chi connectivity index (χ0) is 14.1. The van der Waals surface area contributed by atoms with Crippen molar-refractivity contribution in [3.05, 3.63) is 17.0 Å². The van der Waals surface area contributed by atoms with E-state index in [1.165, 1.54) is 6.33 Å². The lowest BCUT2D eigenvalue weighted by Crippen LogP contribution is -2.54. The van der Waals surface area contributed by atoms with Crippen LogP contribution in [0.4, 0.5) is 5.82 Å². The van der Waals surface area contributed by atoms with Crippen molar-refractivity contribution in [2.45, 2.75) is 25.3 Å². The average Bonchev–Trinajstić information content (AvgIpc) is 2.46. The molecule has 1 aromatic heterocycles. The number of aldehydes is 1. The fraction of sp³-hybridized carbons (Fsp3) is 0.538. The first kappa shape index (κ1) is 13.3. The number of carbonyl (C=O) groups is 2. The van der Waals surface area contributed by atoms with Crippen LogP contribution in [0.15, 0.2) is 6.33 Å². The summed E-state index contributed by atoms with van der Waals surface area (Å²) in [5, 5.41) is 3.22. The topological polar surface area (TPSA) is 75.2 Å². The summed E-state index contributed by atoms with van der Waals surface area (Å²) in [6, 6.07) is 0.240. The van der Waals surface area contributed by atoms with Crippen LogP contribution < -0.4 is 10.2 Å². The first-order valence-electron chi connectivity index (χ1n) is 6.69. The Labute approximate surface area is 121 Å². The first-order valence-corrected chi connectivity index (χ1v) is 7.07. The number of hydrogen-bond acceptors (Lipinski definition) is 5. The van der Waals surface area contributed by atoms with Gasteiger partial charge in [-0.05, 0) is 18.8 Å². The van der Waals surface area contributed by atoms with E-state index in [-0.39, 0.29) is 17.1 Å². The monoisotopic (exact) mass is 294 g/mol. The van der Waals surface area contributed by atoms with Gasteiger partial charge in [-0.25, -0.2) is 9.97 Å². The molecule has 1 aromatic rings. The van der Waals surface area contributed by atoms with Gasteiger partial charge in [-0.2, -0.15) is 0 Å². The molecule has 0 bridgehead atoms. The molecule has 2 saturated heterocycles. The Bertz CT molecular complexity index is 551. The van der Waals surface area contributed by atoms with Crippen molar-refractivity contribution in [1.82, 2.24) is 15.3 Å². The second kappa shape index (κ2) is 5.36. The highest BCUT2D eigenvalue weighted by atomic mass is 35.5. The van der Waals surface area contributed by atoms with Gasteiger partial charge >= 0.3 is 0 Å². The molecule has 2 atom stereocenters. The van der Waals surface area contributed by atoms with E-state index < -0.39 is 0 Å². The summed E-state index contributed by atoms with van der Waals surface area (Å²) < 4.78 is 0. The van der Waals surface area contributed by atoms with Crippen LogP contribution in [0.2, 0.25) is 5.15 Å².